The third-order valence-corrected chi connectivity index (χ3v) is 7.41. The molecule has 3 aromatic rings. The number of hydrogen-bond donors (Lipinski definition) is 0. The smallest absolute Gasteiger partial charge is 0.254 e. The summed E-state index contributed by atoms with van der Waals surface area (Å²) >= 11 is 0. The molecule has 2 amide bonds. The number of hydrogen-bond acceptors (Lipinski definition) is 2. The zero-order valence-electron chi connectivity index (χ0n) is 18.9. The number of amides is 2. The van der Waals surface area contributed by atoms with Crippen molar-refractivity contribution in [2.75, 3.05) is 6.54 Å². The van der Waals surface area contributed by atoms with Crippen LogP contribution < -0.4 is 0 Å². The van der Waals surface area contributed by atoms with Gasteiger partial charge in [0.25, 0.3) is 5.91 Å². The molecule has 0 saturated heterocycles. The molecule has 1 saturated carbocycles. The van der Waals surface area contributed by atoms with Gasteiger partial charge in [-0.2, -0.15) is 0 Å². The molecule has 6 rings (SSSR count). The van der Waals surface area contributed by atoms with Crippen LogP contribution in [0.4, 0.5) is 0 Å². The van der Waals surface area contributed by atoms with Crippen molar-refractivity contribution in [3.8, 4) is 0 Å². The van der Waals surface area contributed by atoms with E-state index in [1.807, 2.05) is 46.2 Å². The van der Waals surface area contributed by atoms with Crippen molar-refractivity contribution in [3.63, 3.8) is 0 Å². The predicted octanol–water partition coefficient (Wildman–Crippen LogP) is 5.02. The lowest BCUT2D eigenvalue weighted by Gasteiger charge is -2.44. The Balaban J connectivity index is 1.47. The maximum absolute atomic E-state index is 14.3. The molecule has 0 aromatic heterocycles. The fourth-order valence-corrected chi connectivity index (χ4v) is 5.66. The van der Waals surface area contributed by atoms with Crippen LogP contribution in [0.5, 0.6) is 0 Å². The number of carbonyl (C=O) groups is 2. The van der Waals surface area contributed by atoms with Crippen molar-refractivity contribution >= 4 is 11.8 Å². The Morgan fingerprint density at radius 3 is 2.45 bits per heavy atom. The summed E-state index contributed by atoms with van der Waals surface area (Å²) in [5, 5.41) is 0. The molecular weight excluding hydrogens is 408 g/mol. The second-order valence-electron chi connectivity index (χ2n) is 9.65. The maximum atomic E-state index is 14.3. The number of benzene rings is 3. The maximum Gasteiger partial charge on any atom is 0.254 e. The minimum Gasteiger partial charge on any atom is -0.337 e. The van der Waals surface area contributed by atoms with Gasteiger partial charge in [-0.3, -0.25) is 9.59 Å². The van der Waals surface area contributed by atoms with E-state index in [0.717, 1.165) is 36.0 Å². The van der Waals surface area contributed by atoms with Gasteiger partial charge in [0.05, 0.1) is 12.0 Å². The second-order valence-corrected chi connectivity index (χ2v) is 9.65. The van der Waals surface area contributed by atoms with Crippen LogP contribution in [0.1, 0.15) is 63.0 Å². The highest BCUT2D eigenvalue weighted by atomic mass is 16.2. The molecular formula is C29H28N2O2. The SMILES string of the molecule is Cc1cccc(C2C(C(=O)N3CCc4ccccc4C3)c3ccccc3C(=O)N2C2CC2)c1. The summed E-state index contributed by atoms with van der Waals surface area (Å²) in [5.74, 6) is -0.208. The van der Waals surface area contributed by atoms with E-state index in [1.54, 1.807) is 0 Å². The van der Waals surface area contributed by atoms with Gasteiger partial charge < -0.3 is 9.80 Å². The predicted molar refractivity (Wildman–Crippen MR) is 128 cm³/mol. The number of aryl methyl sites for hydroxylation is 1. The summed E-state index contributed by atoms with van der Waals surface area (Å²) in [5.41, 5.74) is 6.31. The summed E-state index contributed by atoms with van der Waals surface area (Å²) in [6, 6.07) is 24.4. The monoisotopic (exact) mass is 436 g/mol. The third-order valence-electron chi connectivity index (χ3n) is 7.41. The van der Waals surface area contributed by atoms with Crippen LogP contribution in [-0.4, -0.2) is 34.2 Å². The Morgan fingerprint density at radius 2 is 1.67 bits per heavy atom. The van der Waals surface area contributed by atoms with Crippen molar-refractivity contribution in [1.29, 1.82) is 0 Å². The first-order valence-electron chi connectivity index (χ1n) is 12.0. The van der Waals surface area contributed by atoms with E-state index in [9.17, 15) is 9.59 Å². The molecule has 0 spiro atoms. The molecule has 1 fully saturated rings. The van der Waals surface area contributed by atoms with Crippen molar-refractivity contribution in [1.82, 2.24) is 9.80 Å². The van der Waals surface area contributed by atoms with Crippen LogP contribution in [0.15, 0.2) is 72.8 Å². The van der Waals surface area contributed by atoms with Gasteiger partial charge in [-0.05, 0) is 54.5 Å². The summed E-state index contributed by atoms with van der Waals surface area (Å²) in [6.45, 7) is 3.42. The summed E-state index contributed by atoms with van der Waals surface area (Å²) in [7, 11) is 0. The van der Waals surface area contributed by atoms with Gasteiger partial charge in [0, 0.05) is 24.7 Å². The van der Waals surface area contributed by atoms with Crippen LogP contribution in [-0.2, 0) is 17.8 Å². The summed E-state index contributed by atoms with van der Waals surface area (Å²) in [6.07, 6.45) is 2.89. The Bertz CT molecular complexity index is 1250. The Hall–Kier alpha value is -3.40. The van der Waals surface area contributed by atoms with Crippen LogP contribution in [0.25, 0.3) is 0 Å². The molecule has 33 heavy (non-hydrogen) atoms. The van der Waals surface area contributed by atoms with E-state index < -0.39 is 5.92 Å². The highest BCUT2D eigenvalue weighted by Gasteiger charge is 2.50. The summed E-state index contributed by atoms with van der Waals surface area (Å²) in [4.78, 5) is 32.0. The molecule has 0 N–H and O–H groups in total. The molecule has 0 bridgehead atoms. The first kappa shape index (κ1) is 20.2. The fourth-order valence-electron chi connectivity index (χ4n) is 5.66. The summed E-state index contributed by atoms with van der Waals surface area (Å²) < 4.78 is 0. The van der Waals surface area contributed by atoms with Crippen molar-refractivity contribution in [2.45, 2.75) is 50.7 Å². The number of carbonyl (C=O) groups excluding carboxylic acids is 2. The number of fused-ring (bicyclic) bond motifs is 2. The average molecular weight is 437 g/mol. The largest absolute Gasteiger partial charge is 0.337 e. The quantitative estimate of drug-likeness (QED) is 0.578. The Labute approximate surface area is 194 Å². The van der Waals surface area contributed by atoms with E-state index in [0.29, 0.717) is 18.7 Å². The van der Waals surface area contributed by atoms with E-state index in [2.05, 4.69) is 43.3 Å². The van der Waals surface area contributed by atoms with Crippen LogP contribution in [0.2, 0.25) is 0 Å². The molecule has 166 valence electrons. The van der Waals surface area contributed by atoms with Crippen LogP contribution in [0, 0.1) is 6.92 Å². The lowest BCUT2D eigenvalue weighted by Crippen LogP contribution is -2.50. The zero-order valence-corrected chi connectivity index (χ0v) is 18.9. The molecule has 0 radical (unpaired) electrons. The van der Waals surface area contributed by atoms with E-state index in [-0.39, 0.29) is 23.9 Å². The van der Waals surface area contributed by atoms with E-state index in [4.69, 9.17) is 0 Å². The molecule has 4 heteroatoms. The van der Waals surface area contributed by atoms with E-state index in [1.165, 1.54) is 11.1 Å². The first-order valence-corrected chi connectivity index (χ1v) is 12.0. The van der Waals surface area contributed by atoms with Gasteiger partial charge >= 0.3 is 0 Å². The minimum atomic E-state index is -0.397. The average Bonchev–Trinajstić information content (AvgIpc) is 3.68. The lowest BCUT2D eigenvalue weighted by atomic mass is 9.78. The highest BCUT2D eigenvalue weighted by Crippen LogP contribution is 2.48. The van der Waals surface area contributed by atoms with Crippen molar-refractivity contribution < 1.29 is 9.59 Å². The molecule has 2 atom stereocenters. The fraction of sp³-hybridized carbons (Fsp3) is 0.310. The molecule has 3 aliphatic rings. The van der Waals surface area contributed by atoms with Crippen LogP contribution in [0.3, 0.4) is 0 Å². The van der Waals surface area contributed by atoms with Crippen LogP contribution >= 0.6 is 0 Å². The van der Waals surface area contributed by atoms with Gasteiger partial charge in [-0.1, -0.05) is 72.3 Å². The molecule has 2 aliphatic heterocycles. The molecule has 2 unspecified atom stereocenters. The first-order chi connectivity index (χ1) is 16.1. The topological polar surface area (TPSA) is 40.6 Å². The zero-order chi connectivity index (χ0) is 22.5. The second kappa shape index (κ2) is 7.87. The lowest BCUT2D eigenvalue weighted by molar-refractivity contribution is -0.135. The standard InChI is InChI=1S/C29H28N2O2/c1-19-7-6-10-21(17-19)27-26(29(33)30-16-15-20-8-2-3-9-22(20)18-30)24-11-4-5-12-25(24)28(32)31(27)23-13-14-23/h2-12,17,23,26-27H,13-16,18H2,1H3. The van der Waals surface area contributed by atoms with Crippen molar-refractivity contribution in [3.05, 3.63) is 106 Å². The number of rotatable bonds is 3. The van der Waals surface area contributed by atoms with Gasteiger partial charge in [0.2, 0.25) is 5.91 Å². The Morgan fingerprint density at radius 1 is 0.909 bits per heavy atom. The molecule has 4 nitrogen and oxygen atoms in total. The van der Waals surface area contributed by atoms with E-state index >= 15 is 0 Å². The van der Waals surface area contributed by atoms with Crippen molar-refractivity contribution in [2.24, 2.45) is 0 Å². The third kappa shape index (κ3) is 3.45. The van der Waals surface area contributed by atoms with Gasteiger partial charge in [0.15, 0.2) is 0 Å². The highest BCUT2D eigenvalue weighted by molar-refractivity contribution is 6.01. The molecule has 3 aromatic carbocycles. The van der Waals surface area contributed by atoms with Gasteiger partial charge in [-0.25, -0.2) is 0 Å². The number of nitrogens with zero attached hydrogens (tertiary/aromatic N) is 2. The molecule has 2 heterocycles. The normalized spacial score (nSPS) is 22.0. The molecule has 1 aliphatic carbocycles. The minimum absolute atomic E-state index is 0.0626. The Kier molecular flexibility index (Phi) is 4.83. The van der Waals surface area contributed by atoms with Gasteiger partial charge in [0.1, 0.15) is 0 Å². The van der Waals surface area contributed by atoms with Gasteiger partial charge in [-0.15, -0.1) is 0 Å².